The monoisotopic (exact) mass is 419 g/mol. The molecule has 30 heavy (non-hydrogen) atoms. The van der Waals surface area contributed by atoms with Crippen LogP contribution in [0.1, 0.15) is 12.0 Å². The molecule has 0 saturated heterocycles. The zero-order valence-corrected chi connectivity index (χ0v) is 17.5. The molecule has 0 unspecified atom stereocenters. The summed E-state index contributed by atoms with van der Waals surface area (Å²) in [5, 5.41) is 12.9. The molecule has 6 nitrogen and oxygen atoms in total. The highest BCUT2D eigenvalue weighted by Crippen LogP contribution is 2.27. The second-order valence-corrected chi connectivity index (χ2v) is 7.35. The third kappa shape index (κ3) is 5.52. The van der Waals surface area contributed by atoms with E-state index >= 15 is 0 Å². The van der Waals surface area contributed by atoms with Crippen molar-refractivity contribution in [3.05, 3.63) is 66.2 Å². The van der Waals surface area contributed by atoms with Crippen LogP contribution in [-0.2, 0) is 4.79 Å². The molecular weight excluding hydrogens is 398 g/mol. The number of ether oxygens (including phenoxy) is 2. The van der Waals surface area contributed by atoms with E-state index < -0.39 is 0 Å². The highest BCUT2D eigenvalue weighted by molar-refractivity contribution is 7.99. The second-order valence-electron chi connectivity index (χ2n) is 6.27. The standard InChI is InChI=1S/C23H21N3O3S/c1-28-19-9-6-16(7-10-19)21-11-8-17(15-24)23(26-21)30-13-12-22(27)25-18-4-3-5-20(14-18)29-2/h3-11,14H,12-13H2,1-2H3,(H,25,27). The average molecular weight is 420 g/mol. The molecule has 7 heteroatoms. The van der Waals surface area contributed by atoms with Crippen LogP contribution in [0.2, 0.25) is 0 Å². The molecule has 1 heterocycles. The first kappa shape index (κ1) is 21.2. The number of methoxy groups -OCH3 is 2. The Morgan fingerprint density at radius 1 is 1.07 bits per heavy atom. The van der Waals surface area contributed by atoms with Crippen molar-refractivity contribution in [3.63, 3.8) is 0 Å². The van der Waals surface area contributed by atoms with Gasteiger partial charge >= 0.3 is 0 Å². The zero-order chi connectivity index (χ0) is 21.3. The summed E-state index contributed by atoms with van der Waals surface area (Å²) in [5.74, 6) is 1.84. The summed E-state index contributed by atoms with van der Waals surface area (Å²) in [7, 11) is 3.20. The maximum absolute atomic E-state index is 12.2. The van der Waals surface area contributed by atoms with Gasteiger partial charge in [0.25, 0.3) is 0 Å². The molecule has 0 aliphatic rings. The molecule has 0 fully saturated rings. The van der Waals surface area contributed by atoms with Crippen LogP contribution in [0.25, 0.3) is 11.3 Å². The van der Waals surface area contributed by atoms with Crippen molar-refractivity contribution in [2.75, 3.05) is 25.3 Å². The SMILES string of the molecule is COc1ccc(-c2ccc(C#N)c(SCCC(=O)Nc3cccc(OC)c3)n2)cc1. The quantitative estimate of drug-likeness (QED) is 0.530. The van der Waals surface area contributed by atoms with Crippen molar-refractivity contribution in [1.29, 1.82) is 5.26 Å². The van der Waals surface area contributed by atoms with Gasteiger partial charge in [-0.1, -0.05) is 6.07 Å². The number of anilines is 1. The van der Waals surface area contributed by atoms with Gasteiger partial charge < -0.3 is 14.8 Å². The van der Waals surface area contributed by atoms with E-state index in [9.17, 15) is 10.1 Å². The molecule has 0 saturated carbocycles. The number of amides is 1. The van der Waals surface area contributed by atoms with Gasteiger partial charge in [0.05, 0.1) is 25.5 Å². The Bertz CT molecular complexity index is 1060. The lowest BCUT2D eigenvalue weighted by atomic mass is 10.1. The Balaban J connectivity index is 1.63. The molecule has 0 bridgehead atoms. The summed E-state index contributed by atoms with van der Waals surface area (Å²) in [4.78, 5) is 16.9. The lowest BCUT2D eigenvalue weighted by Crippen LogP contribution is -2.12. The van der Waals surface area contributed by atoms with Crippen molar-refractivity contribution in [1.82, 2.24) is 4.98 Å². The van der Waals surface area contributed by atoms with Gasteiger partial charge in [-0.15, -0.1) is 11.8 Å². The molecule has 0 atom stereocenters. The predicted molar refractivity (Wildman–Crippen MR) is 118 cm³/mol. The number of hydrogen-bond donors (Lipinski definition) is 1. The Hall–Kier alpha value is -3.50. The second kappa shape index (κ2) is 10.3. The molecule has 1 amide bonds. The summed E-state index contributed by atoms with van der Waals surface area (Å²) >= 11 is 1.39. The number of rotatable bonds is 8. The summed E-state index contributed by atoms with van der Waals surface area (Å²) in [6.45, 7) is 0. The first-order chi connectivity index (χ1) is 14.6. The van der Waals surface area contributed by atoms with Crippen LogP contribution in [0.4, 0.5) is 5.69 Å². The molecule has 3 aromatic rings. The molecule has 1 N–H and O–H groups in total. The summed E-state index contributed by atoms with van der Waals surface area (Å²) < 4.78 is 10.3. The molecule has 2 aromatic carbocycles. The van der Waals surface area contributed by atoms with Crippen molar-refractivity contribution in [3.8, 4) is 28.8 Å². The molecule has 152 valence electrons. The van der Waals surface area contributed by atoms with E-state index in [1.807, 2.05) is 42.5 Å². The number of pyridine rings is 1. The minimum Gasteiger partial charge on any atom is -0.497 e. The molecule has 0 aliphatic heterocycles. The van der Waals surface area contributed by atoms with E-state index in [0.717, 1.165) is 17.0 Å². The molecule has 0 radical (unpaired) electrons. The minimum atomic E-state index is -0.111. The highest BCUT2D eigenvalue weighted by atomic mass is 32.2. The molecule has 0 aliphatic carbocycles. The maximum atomic E-state index is 12.2. The van der Waals surface area contributed by atoms with Crippen molar-refractivity contribution in [2.24, 2.45) is 0 Å². The topological polar surface area (TPSA) is 84.2 Å². The van der Waals surface area contributed by atoms with Gasteiger partial charge in [0.1, 0.15) is 22.6 Å². The fourth-order valence-corrected chi connectivity index (χ4v) is 3.64. The van der Waals surface area contributed by atoms with Crippen LogP contribution in [0.5, 0.6) is 11.5 Å². The van der Waals surface area contributed by atoms with Gasteiger partial charge in [0, 0.05) is 29.5 Å². The normalized spacial score (nSPS) is 10.2. The first-order valence-electron chi connectivity index (χ1n) is 9.25. The Labute approximate surface area is 179 Å². The highest BCUT2D eigenvalue weighted by Gasteiger charge is 2.10. The third-order valence-electron chi connectivity index (χ3n) is 4.29. The van der Waals surface area contributed by atoms with Gasteiger partial charge in [0.2, 0.25) is 5.91 Å². The number of thioether (sulfide) groups is 1. The molecule has 3 rings (SSSR count). The number of carbonyl (C=O) groups is 1. The van der Waals surface area contributed by atoms with Gasteiger partial charge in [-0.05, 0) is 48.5 Å². The van der Waals surface area contributed by atoms with E-state index in [1.165, 1.54) is 11.8 Å². The third-order valence-corrected chi connectivity index (χ3v) is 5.28. The van der Waals surface area contributed by atoms with E-state index in [-0.39, 0.29) is 5.91 Å². The summed E-state index contributed by atoms with van der Waals surface area (Å²) in [6, 6.07) is 20.5. The van der Waals surface area contributed by atoms with Gasteiger partial charge in [0.15, 0.2) is 0 Å². The van der Waals surface area contributed by atoms with E-state index in [1.54, 1.807) is 32.4 Å². The Kier molecular flexibility index (Phi) is 7.30. The number of nitrogens with zero attached hydrogens (tertiary/aromatic N) is 2. The molecular formula is C23H21N3O3S. The fourth-order valence-electron chi connectivity index (χ4n) is 2.72. The van der Waals surface area contributed by atoms with Crippen molar-refractivity contribution < 1.29 is 14.3 Å². The lowest BCUT2D eigenvalue weighted by Gasteiger charge is -2.09. The van der Waals surface area contributed by atoms with E-state index in [2.05, 4.69) is 16.4 Å². The van der Waals surface area contributed by atoms with Gasteiger partial charge in [-0.3, -0.25) is 4.79 Å². The van der Waals surface area contributed by atoms with Crippen LogP contribution in [0, 0.1) is 11.3 Å². The van der Waals surface area contributed by atoms with Gasteiger partial charge in [-0.25, -0.2) is 4.98 Å². The van der Waals surface area contributed by atoms with Gasteiger partial charge in [-0.2, -0.15) is 5.26 Å². The van der Waals surface area contributed by atoms with Crippen LogP contribution in [0.3, 0.4) is 0 Å². The fraction of sp³-hybridized carbons (Fsp3) is 0.174. The largest absolute Gasteiger partial charge is 0.497 e. The van der Waals surface area contributed by atoms with Crippen LogP contribution in [-0.4, -0.2) is 30.9 Å². The first-order valence-corrected chi connectivity index (χ1v) is 10.2. The maximum Gasteiger partial charge on any atom is 0.225 e. The van der Waals surface area contributed by atoms with Crippen molar-refractivity contribution in [2.45, 2.75) is 11.4 Å². The molecule has 0 spiro atoms. The number of nitriles is 1. The van der Waals surface area contributed by atoms with Crippen LogP contribution < -0.4 is 14.8 Å². The molecule has 1 aromatic heterocycles. The average Bonchev–Trinajstić information content (AvgIpc) is 2.79. The van der Waals surface area contributed by atoms with E-state index in [0.29, 0.717) is 34.2 Å². The smallest absolute Gasteiger partial charge is 0.225 e. The Morgan fingerprint density at radius 3 is 2.53 bits per heavy atom. The summed E-state index contributed by atoms with van der Waals surface area (Å²) in [6.07, 6.45) is 0.293. The Morgan fingerprint density at radius 2 is 1.83 bits per heavy atom. The van der Waals surface area contributed by atoms with Crippen LogP contribution >= 0.6 is 11.8 Å². The summed E-state index contributed by atoms with van der Waals surface area (Å²) in [5.41, 5.74) is 2.87. The number of aromatic nitrogens is 1. The number of carbonyl (C=O) groups excluding carboxylic acids is 1. The predicted octanol–water partition coefficient (Wildman–Crippen LogP) is 4.76. The number of benzene rings is 2. The zero-order valence-electron chi connectivity index (χ0n) is 16.7. The lowest BCUT2D eigenvalue weighted by molar-refractivity contribution is -0.115. The number of nitrogens with one attached hydrogen (secondary N) is 1. The minimum absolute atomic E-state index is 0.111. The number of hydrogen-bond acceptors (Lipinski definition) is 6. The van der Waals surface area contributed by atoms with Crippen molar-refractivity contribution >= 4 is 23.4 Å². The van der Waals surface area contributed by atoms with Crippen LogP contribution in [0.15, 0.2) is 65.7 Å². The van der Waals surface area contributed by atoms with E-state index in [4.69, 9.17) is 9.47 Å².